The topological polar surface area (TPSA) is 87.0 Å². The van der Waals surface area contributed by atoms with Gasteiger partial charge in [0.2, 0.25) is 0 Å². The Morgan fingerprint density at radius 3 is 2.13 bits per heavy atom. The van der Waals surface area contributed by atoms with Gasteiger partial charge in [-0.3, -0.25) is 4.79 Å². The van der Waals surface area contributed by atoms with Crippen LogP contribution in [0.15, 0.2) is 0 Å². The molecule has 4 saturated carbocycles. The number of carbonyl (C=O) groups excluding carboxylic acids is 1. The normalized spacial score (nSPS) is 45.9. The molecule has 0 amide bonds. The Morgan fingerprint density at radius 1 is 0.895 bits per heavy atom. The lowest BCUT2D eigenvalue weighted by Crippen LogP contribution is -2.66. The molecule has 0 bridgehead atoms. The Kier molecular flexibility index (Phi) is 7.76. The van der Waals surface area contributed by atoms with Gasteiger partial charge in [-0.05, 0) is 125 Å². The van der Waals surface area contributed by atoms with Gasteiger partial charge in [0.05, 0.1) is 17.3 Å². The predicted molar refractivity (Wildman–Crippen MR) is 151 cm³/mol. The number of aliphatic hydroxyl groups excluding tert-OH is 1. The number of esters is 1. The van der Waals surface area contributed by atoms with E-state index in [2.05, 4.69) is 34.6 Å². The molecule has 4 aliphatic carbocycles. The number of hydrogen-bond acceptors (Lipinski definition) is 5. The van der Waals surface area contributed by atoms with Crippen LogP contribution in [0.1, 0.15) is 133 Å². The van der Waals surface area contributed by atoms with E-state index in [1.165, 1.54) is 0 Å². The van der Waals surface area contributed by atoms with E-state index in [9.17, 15) is 20.1 Å². The number of carbonyl (C=O) groups is 1. The molecule has 0 aromatic heterocycles. The fourth-order valence-corrected chi connectivity index (χ4v) is 10.9. The third kappa shape index (κ3) is 4.69. The summed E-state index contributed by atoms with van der Waals surface area (Å²) in [5.74, 6) is 0.934. The molecule has 4 aliphatic rings. The summed E-state index contributed by atoms with van der Waals surface area (Å²) < 4.78 is 5.99. The van der Waals surface area contributed by atoms with Crippen molar-refractivity contribution in [3.63, 3.8) is 0 Å². The van der Waals surface area contributed by atoms with E-state index < -0.39 is 17.3 Å². The fourth-order valence-electron chi connectivity index (χ4n) is 10.9. The lowest BCUT2D eigenvalue weighted by atomic mass is 9.35. The molecular weight excluding hydrogens is 476 g/mol. The molecule has 220 valence electrons. The maximum atomic E-state index is 12.2. The zero-order chi connectivity index (χ0) is 28.5. The van der Waals surface area contributed by atoms with Crippen LogP contribution in [0.4, 0.5) is 0 Å². The Bertz CT molecular complexity index is 888. The van der Waals surface area contributed by atoms with Gasteiger partial charge in [-0.1, -0.05) is 41.5 Å². The van der Waals surface area contributed by atoms with Crippen LogP contribution >= 0.6 is 0 Å². The molecule has 4 fully saturated rings. The van der Waals surface area contributed by atoms with Gasteiger partial charge in [-0.15, -0.1) is 0 Å². The summed E-state index contributed by atoms with van der Waals surface area (Å²) in [4.78, 5) is 12.2. The zero-order valence-corrected chi connectivity index (χ0v) is 25.9. The first-order valence-corrected chi connectivity index (χ1v) is 15.7. The van der Waals surface area contributed by atoms with Crippen molar-refractivity contribution in [2.75, 3.05) is 0 Å². The van der Waals surface area contributed by atoms with Crippen LogP contribution in [0.2, 0.25) is 0 Å². The third-order valence-electron chi connectivity index (χ3n) is 13.2. The van der Waals surface area contributed by atoms with Crippen molar-refractivity contribution < 1.29 is 24.9 Å². The molecule has 0 heterocycles. The second kappa shape index (κ2) is 9.72. The maximum Gasteiger partial charge on any atom is 0.305 e. The van der Waals surface area contributed by atoms with Crippen LogP contribution in [0.3, 0.4) is 0 Å². The highest BCUT2D eigenvalue weighted by molar-refractivity contribution is 5.69. The SMILES string of the molecule is CCC(=O)O[C@H]1CC[C@]2(C)[C@H]3C[C@@H](O)[C@@H]4[C@@H]([C@](C)(O)CCCC(C)(C)O)CC[C@@]4(C)[C@]3(C)CC[C@H]2C1(C)C. The number of fused-ring (bicyclic) bond motifs is 5. The van der Waals surface area contributed by atoms with E-state index >= 15 is 0 Å². The van der Waals surface area contributed by atoms with Crippen LogP contribution in [-0.4, -0.2) is 44.7 Å². The molecule has 0 aromatic rings. The number of aliphatic hydroxyl groups is 3. The minimum Gasteiger partial charge on any atom is -0.462 e. The molecule has 0 radical (unpaired) electrons. The van der Waals surface area contributed by atoms with Gasteiger partial charge in [0.1, 0.15) is 6.10 Å². The summed E-state index contributed by atoms with van der Waals surface area (Å²) in [5.41, 5.74) is -1.49. The van der Waals surface area contributed by atoms with Gasteiger partial charge < -0.3 is 20.1 Å². The lowest BCUT2D eigenvalue weighted by molar-refractivity contribution is -0.249. The van der Waals surface area contributed by atoms with Crippen molar-refractivity contribution in [3.8, 4) is 0 Å². The quantitative estimate of drug-likeness (QED) is 0.318. The predicted octanol–water partition coefficient (Wildman–Crippen LogP) is 6.66. The standard InChI is InChI=1S/C33H58O5/c1-10-26(35)38-25-14-17-30(6)23(29(25,4)5)13-19-31(7)24(30)20-22(34)27-21(12-18-32(27,31)8)33(9,37)16-11-15-28(2,3)36/h21-25,27,34,36-37H,10-20H2,1-9H3/t21-,22+,23-,24+,25-,27-,30-,31+,32+,33+/m0/s1. The average molecular weight is 535 g/mol. The van der Waals surface area contributed by atoms with E-state index in [0.717, 1.165) is 51.4 Å². The third-order valence-corrected chi connectivity index (χ3v) is 13.2. The van der Waals surface area contributed by atoms with Gasteiger partial charge in [0, 0.05) is 11.8 Å². The van der Waals surface area contributed by atoms with Crippen LogP contribution < -0.4 is 0 Å². The number of rotatable bonds is 7. The minimum absolute atomic E-state index is 0.0239. The molecule has 3 N–H and O–H groups in total. The smallest absolute Gasteiger partial charge is 0.305 e. The van der Waals surface area contributed by atoms with Gasteiger partial charge in [0.25, 0.3) is 0 Å². The number of ether oxygens (including phenoxy) is 1. The largest absolute Gasteiger partial charge is 0.462 e. The summed E-state index contributed by atoms with van der Waals surface area (Å²) in [6.07, 6.45) is 9.07. The fraction of sp³-hybridized carbons (Fsp3) is 0.970. The first-order chi connectivity index (χ1) is 17.3. The van der Waals surface area contributed by atoms with Crippen molar-refractivity contribution in [2.45, 2.75) is 156 Å². The van der Waals surface area contributed by atoms with Crippen LogP contribution in [-0.2, 0) is 9.53 Å². The Morgan fingerprint density at radius 2 is 1.53 bits per heavy atom. The van der Waals surface area contributed by atoms with Gasteiger partial charge >= 0.3 is 5.97 Å². The van der Waals surface area contributed by atoms with E-state index in [4.69, 9.17) is 4.74 Å². The summed E-state index contributed by atoms with van der Waals surface area (Å²) in [5, 5.41) is 33.9. The molecule has 0 aromatic carbocycles. The molecule has 5 nitrogen and oxygen atoms in total. The highest BCUT2D eigenvalue weighted by atomic mass is 16.5. The van der Waals surface area contributed by atoms with Crippen molar-refractivity contribution >= 4 is 5.97 Å². The van der Waals surface area contributed by atoms with Crippen molar-refractivity contribution in [3.05, 3.63) is 0 Å². The molecule has 5 heteroatoms. The van der Waals surface area contributed by atoms with Gasteiger partial charge in [0.15, 0.2) is 0 Å². The molecule has 10 atom stereocenters. The zero-order valence-electron chi connectivity index (χ0n) is 25.9. The molecule has 0 saturated heterocycles. The highest BCUT2D eigenvalue weighted by Crippen LogP contribution is 2.75. The molecular formula is C33H58O5. The van der Waals surface area contributed by atoms with Gasteiger partial charge in [-0.2, -0.15) is 0 Å². The second-order valence-electron chi connectivity index (χ2n) is 16.2. The molecule has 0 aliphatic heterocycles. The Balaban J connectivity index is 1.60. The Hall–Kier alpha value is -0.650. The monoisotopic (exact) mass is 534 g/mol. The highest BCUT2D eigenvalue weighted by Gasteiger charge is 2.71. The summed E-state index contributed by atoms with van der Waals surface area (Å²) in [6, 6.07) is 0. The lowest BCUT2D eigenvalue weighted by Gasteiger charge is -2.70. The first-order valence-electron chi connectivity index (χ1n) is 15.7. The summed E-state index contributed by atoms with van der Waals surface area (Å²) >= 11 is 0. The molecule has 0 unspecified atom stereocenters. The first kappa shape index (κ1) is 30.3. The minimum atomic E-state index is -0.845. The van der Waals surface area contributed by atoms with E-state index in [1.54, 1.807) is 0 Å². The summed E-state index contributed by atoms with van der Waals surface area (Å²) in [6.45, 7) is 19.6. The van der Waals surface area contributed by atoms with Crippen LogP contribution in [0.5, 0.6) is 0 Å². The second-order valence-corrected chi connectivity index (χ2v) is 16.2. The van der Waals surface area contributed by atoms with Gasteiger partial charge in [-0.25, -0.2) is 0 Å². The average Bonchev–Trinajstić information content (AvgIpc) is 3.17. The summed E-state index contributed by atoms with van der Waals surface area (Å²) in [7, 11) is 0. The van der Waals surface area contributed by atoms with Crippen molar-refractivity contribution in [1.29, 1.82) is 0 Å². The van der Waals surface area contributed by atoms with Crippen LogP contribution in [0, 0.1) is 45.3 Å². The van der Waals surface area contributed by atoms with E-state index in [-0.39, 0.29) is 45.6 Å². The molecule has 0 spiro atoms. The maximum absolute atomic E-state index is 12.2. The van der Waals surface area contributed by atoms with Crippen molar-refractivity contribution in [1.82, 2.24) is 0 Å². The molecule has 4 rings (SSSR count). The molecule has 38 heavy (non-hydrogen) atoms. The van der Waals surface area contributed by atoms with E-state index in [1.807, 2.05) is 27.7 Å². The van der Waals surface area contributed by atoms with E-state index in [0.29, 0.717) is 31.1 Å². The van der Waals surface area contributed by atoms with Crippen LogP contribution in [0.25, 0.3) is 0 Å². The number of hydrogen-bond donors (Lipinski definition) is 3. The Labute approximate surface area is 232 Å². The van der Waals surface area contributed by atoms with Crippen molar-refractivity contribution in [2.24, 2.45) is 45.3 Å².